The maximum atomic E-state index is 10.5. The first-order valence-corrected chi connectivity index (χ1v) is 13.9. The summed E-state index contributed by atoms with van der Waals surface area (Å²) >= 11 is 0. The van der Waals surface area contributed by atoms with Gasteiger partial charge < -0.3 is 20.8 Å². The van der Waals surface area contributed by atoms with Gasteiger partial charge >= 0.3 is 0 Å². The second-order valence-electron chi connectivity index (χ2n) is 11.7. The van der Waals surface area contributed by atoms with Gasteiger partial charge in [0.05, 0.1) is 11.2 Å². The zero-order valence-corrected chi connectivity index (χ0v) is 24.1. The van der Waals surface area contributed by atoms with Crippen molar-refractivity contribution in [1.82, 2.24) is 20.4 Å². The van der Waals surface area contributed by atoms with Crippen molar-refractivity contribution in [1.29, 1.82) is 0 Å². The molecular weight excluding hydrogens is 519 g/mol. The van der Waals surface area contributed by atoms with Crippen LogP contribution in [0.25, 0.3) is 0 Å². The van der Waals surface area contributed by atoms with Crippen molar-refractivity contribution in [2.45, 2.75) is 74.9 Å². The highest BCUT2D eigenvalue weighted by Crippen LogP contribution is 2.26. The van der Waals surface area contributed by atoms with E-state index < -0.39 is 11.2 Å². The van der Waals surface area contributed by atoms with Gasteiger partial charge in [0.2, 0.25) is 0 Å². The summed E-state index contributed by atoms with van der Waals surface area (Å²) in [5.41, 5.74) is 1.63. The normalized spacial score (nSPS) is 27.2. The van der Waals surface area contributed by atoms with Gasteiger partial charge in [0, 0.05) is 64.4 Å². The summed E-state index contributed by atoms with van der Waals surface area (Å²) < 4.78 is 0. The monoisotopic (exact) mass is 564 g/mol. The van der Waals surface area contributed by atoms with Gasteiger partial charge in [0.15, 0.2) is 0 Å². The summed E-state index contributed by atoms with van der Waals surface area (Å²) in [6, 6.07) is 22.4. The molecule has 0 aromatic heterocycles. The molecule has 2 saturated carbocycles. The van der Waals surface area contributed by atoms with Crippen molar-refractivity contribution in [2.24, 2.45) is 0 Å². The predicted molar refractivity (Wildman–Crippen MR) is 159 cm³/mol. The van der Waals surface area contributed by atoms with Crippen molar-refractivity contribution in [3.05, 3.63) is 71.8 Å². The molecule has 2 atom stereocenters. The van der Waals surface area contributed by atoms with Crippen LogP contribution in [0.4, 0.5) is 0 Å². The minimum atomic E-state index is -0.516. The lowest BCUT2D eigenvalue weighted by atomic mass is 10.0. The highest BCUT2D eigenvalue weighted by molar-refractivity contribution is 5.85. The summed E-state index contributed by atoms with van der Waals surface area (Å²) in [4.78, 5) is 4.70. The molecule has 6 nitrogen and oxygen atoms in total. The van der Waals surface area contributed by atoms with Crippen molar-refractivity contribution < 1.29 is 10.2 Å². The number of rotatable bonds is 10. The molecule has 2 aromatic carbocycles. The zero-order chi connectivity index (χ0) is 24.8. The molecule has 38 heavy (non-hydrogen) atoms. The highest BCUT2D eigenvalue weighted by atomic mass is 35.5. The van der Waals surface area contributed by atoms with Gasteiger partial charge in [-0.25, -0.2) is 0 Å². The Morgan fingerprint density at radius 2 is 1.00 bits per heavy atom. The Bertz CT molecular complexity index is 870. The number of nitrogens with one attached hydrogen (secondary N) is 2. The van der Waals surface area contributed by atoms with Crippen LogP contribution in [0.3, 0.4) is 0 Å². The van der Waals surface area contributed by atoms with Crippen molar-refractivity contribution in [2.75, 3.05) is 39.3 Å². The minimum Gasteiger partial charge on any atom is -0.387 e. The molecular formula is C30H46Cl2N4O2. The third-order valence-electron chi connectivity index (χ3n) is 7.91. The smallest absolute Gasteiger partial charge is 0.0910 e. The fourth-order valence-corrected chi connectivity index (χ4v) is 5.37. The fourth-order valence-electron chi connectivity index (χ4n) is 5.37. The summed E-state index contributed by atoms with van der Waals surface area (Å²) in [6.07, 6.45) is 6.90. The Morgan fingerprint density at radius 1 is 0.632 bits per heavy atom. The molecule has 2 aliphatic carbocycles. The van der Waals surface area contributed by atoms with E-state index in [2.05, 4.69) is 69.0 Å². The van der Waals surface area contributed by atoms with E-state index in [1.165, 1.54) is 36.8 Å². The lowest BCUT2D eigenvalue weighted by molar-refractivity contribution is 0.0476. The second kappa shape index (κ2) is 14.4. The Balaban J connectivity index is 0.000000200. The molecule has 0 radical (unpaired) electrons. The number of β-amino-alcohol motifs (C(OH)–C–C–N with tert-alkyl or cyclic N) is 2. The average Bonchev–Trinajstić information content (AvgIpc) is 3.82. The van der Waals surface area contributed by atoms with Gasteiger partial charge in [-0.1, -0.05) is 60.7 Å². The van der Waals surface area contributed by atoms with Gasteiger partial charge in [-0.15, -0.1) is 24.8 Å². The standard InChI is InChI=1S/2C15H22N2O.2ClH/c2*18-15(11-16-14-6-7-14)8-9-17(12-15)10-13-4-2-1-3-5-13;;/h2*1-5,14,16,18H,6-12H2;2*1H. The number of halogens is 2. The first kappa shape index (κ1) is 31.3. The first-order chi connectivity index (χ1) is 17.5. The topological polar surface area (TPSA) is 71.0 Å². The van der Waals surface area contributed by atoms with Crippen molar-refractivity contribution >= 4 is 24.8 Å². The van der Waals surface area contributed by atoms with Crippen LogP contribution >= 0.6 is 24.8 Å². The van der Waals surface area contributed by atoms with Crippen molar-refractivity contribution in [3.8, 4) is 0 Å². The second-order valence-corrected chi connectivity index (χ2v) is 11.7. The van der Waals surface area contributed by atoms with E-state index in [1.54, 1.807) is 0 Å². The van der Waals surface area contributed by atoms with E-state index in [4.69, 9.17) is 0 Å². The Kier molecular flexibility index (Phi) is 11.9. The summed E-state index contributed by atoms with van der Waals surface area (Å²) in [7, 11) is 0. The molecule has 4 fully saturated rings. The third-order valence-corrected chi connectivity index (χ3v) is 7.91. The molecule has 212 valence electrons. The van der Waals surface area contributed by atoms with E-state index in [-0.39, 0.29) is 24.8 Å². The van der Waals surface area contributed by atoms with Crippen LogP contribution in [0.5, 0.6) is 0 Å². The van der Waals surface area contributed by atoms with E-state index in [0.29, 0.717) is 12.1 Å². The number of nitrogens with zero attached hydrogens (tertiary/aromatic N) is 2. The molecule has 4 N–H and O–H groups in total. The van der Waals surface area contributed by atoms with Gasteiger partial charge in [0.1, 0.15) is 0 Å². The molecule has 0 spiro atoms. The number of hydrogen-bond donors (Lipinski definition) is 4. The average molecular weight is 566 g/mol. The SMILES string of the molecule is Cl.Cl.OC1(CNC2CC2)CCN(Cc2ccccc2)C1.OC1(CNC2CC2)CCN(Cc2ccccc2)C1. The van der Waals surface area contributed by atoms with Gasteiger partial charge in [-0.3, -0.25) is 9.80 Å². The largest absolute Gasteiger partial charge is 0.387 e. The molecule has 0 amide bonds. The summed E-state index contributed by atoms with van der Waals surface area (Å²) in [5, 5.41) is 27.9. The highest BCUT2D eigenvalue weighted by Gasteiger charge is 2.38. The van der Waals surface area contributed by atoms with Crippen LogP contribution < -0.4 is 10.6 Å². The van der Waals surface area contributed by atoms with Gasteiger partial charge in [-0.2, -0.15) is 0 Å². The minimum absolute atomic E-state index is 0. The molecule has 2 aromatic rings. The quantitative estimate of drug-likeness (QED) is 0.353. The lowest BCUT2D eigenvalue weighted by Gasteiger charge is -2.24. The number of likely N-dealkylation sites (tertiary alicyclic amines) is 2. The van der Waals surface area contributed by atoms with E-state index >= 15 is 0 Å². The molecule has 0 bridgehead atoms. The number of benzene rings is 2. The van der Waals surface area contributed by atoms with Gasteiger partial charge in [-0.05, 0) is 49.7 Å². The molecule has 4 aliphatic rings. The lowest BCUT2D eigenvalue weighted by Crippen LogP contribution is -2.43. The van der Waals surface area contributed by atoms with Crippen molar-refractivity contribution in [3.63, 3.8) is 0 Å². The number of aliphatic hydroxyl groups is 2. The summed E-state index contributed by atoms with van der Waals surface area (Å²) in [6.45, 7) is 6.99. The summed E-state index contributed by atoms with van der Waals surface area (Å²) in [5.74, 6) is 0. The van der Waals surface area contributed by atoms with Crippen LogP contribution in [0.2, 0.25) is 0 Å². The van der Waals surface area contributed by atoms with E-state index in [9.17, 15) is 10.2 Å². The fraction of sp³-hybridized carbons (Fsp3) is 0.600. The molecule has 8 heteroatoms. The maximum Gasteiger partial charge on any atom is 0.0910 e. The number of hydrogen-bond acceptors (Lipinski definition) is 6. The molecule has 2 aliphatic heterocycles. The Labute approximate surface area is 241 Å². The third kappa shape index (κ3) is 10.1. The van der Waals surface area contributed by atoms with Crippen LogP contribution in [0.1, 0.15) is 49.7 Å². The van der Waals surface area contributed by atoms with Crippen LogP contribution in [-0.2, 0) is 13.1 Å². The van der Waals surface area contributed by atoms with E-state index in [0.717, 1.165) is 65.2 Å². The molecule has 2 saturated heterocycles. The predicted octanol–water partition coefficient (Wildman–Crippen LogP) is 3.59. The maximum absolute atomic E-state index is 10.5. The Morgan fingerprint density at radius 3 is 1.34 bits per heavy atom. The van der Waals surface area contributed by atoms with Gasteiger partial charge in [0.25, 0.3) is 0 Å². The van der Waals surface area contributed by atoms with Crippen LogP contribution in [0.15, 0.2) is 60.7 Å². The van der Waals surface area contributed by atoms with Crippen LogP contribution in [0, 0.1) is 0 Å². The molecule has 6 rings (SSSR count). The molecule has 2 heterocycles. The molecule has 2 unspecified atom stereocenters. The van der Waals surface area contributed by atoms with E-state index in [1.807, 2.05) is 12.1 Å². The van der Waals surface area contributed by atoms with Crippen LogP contribution in [-0.4, -0.2) is 82.6 Å². The zero-order valence-electron chi connectivity index (χ0n) is 22.4. The Hall–Kier alpha value is -1.22. The first-order valence-electron chi connectivity index (χ1n) is 13.9.